The summed E-state index contributed by atoms with van der Waals surface area (Å²) >= 11 is 1.66. The number of amides is 4. The molecule has 0 saturated carbocycles. The van der Waals surface area contributed by atoms with Crippen molar-refractivity contribution in [2.24, 2.45) is 0 Å². The Labute approximate surface area is 247 Å². The maximum Gasteiger partial charge on any atom is 0.408 e. The molecule has 3 atom stereocenters. The molecule has 0 aromatic heterocycles. The number of ether oxygens (including phenoxy) is 2. The minimum absolute atomic E-state index is 0.155. The maximum atomic E-state index is 13.0. The predicted molar refractivity (Wildman–Crippen MR) is 158 cm³/mol. The Hall–Kier alpha value is -2.99. The molecular formula is C29H46N4O7S. The van der Waals surface area contributed by atoms with Crippen LogP contribution in [0.1, 0.15) is 66.4 Å². The van der Waals surface area contributed by atoms with Crippen LogP contribution in [0.3, 0.4) is 0 Å². The Kier molecular flexibility index (Phi) is 13.2. The van der Waals surface area contributed by atoms with E-state index in [0.29, 0.717) is 31.7 Å². The van der Waals surface area contributed by atoms with E-state index in [2.05, 4.69) is 16.0 Å². The summed E-state index contributed by atoms with van der Waals surface area (Å²) in [7, 11) is 0. The largest absolute Gasteiger partial charge is 0.444 e. The van der Waals surface area contributed by atoms with E-state index in [0.717, 1.165) is 11.3 Å². The molecule has 1 heterocycles. The van der Waals surface area contributed by atoms with E-state index in [1.807, 2.05) is 30.3 Å². The quantitative estimate of drug-likeness (QED) is 0.270. The number of hydrogen-bond acceptors (Lipinski definition) is 8. The van der Waals surface area contributed by atoms with E-state index >= 15 is 0 Å². The van der Waals surface area contributed by atoms with Gasteiger partial charge in [-0.05, 0) is 72.8 Å². The smallest absolute Gasteiger partial charge is 0.408 e. The topological polar surface area (TPSA) is 146 Å². The van der Waals surface area contributed by atoms with Gasteiger partial charge in [0.05, 0.1) is 11.9 Å². The summed E-state index contributed by atoms with van der Waals surface area (Å²) in [6, 6.07) is 7.57. The summed E-state index contributed by atoms with van der Waals surface area (Å²) in [5.74, 6) is 0.654. The minimum Gasteiger partial charge on any atom is -0.444 e. The molecule has 1 aliphatic rings. The van der Waals surface area contributed by atoms with E-state index < -0.39 is 47.5 Å². The van der Waals surface area contributed by atoms with Crippen LogP contribution in [0, 0.1) is 0 Å². The number of hydrogen-bond donors (Lipinski definition) is 4. The molecule has 1 aromatic carbocycles. The predicted octanol–water partition coefficient (Wildman–Crippen LogP) is 3.20. The molecule has 1 fully saturated rings. The van der Waals surface area contributed by atoms with Gasteiger partial charge in [-0.2, -0.15) is 0 Å². The first-order valence-corrected chi connectivity index (χ1v) is 15.2. The lowest BCUT2D eigenvalue weighted by Gasteiger charge is -2.26. The van der Waals surface area contributed by atoms with Gasteiger partial charge in [0.1, 0.15) is 17.2 Å². The molecule has 230 valence electrons. The first-order chi connectivity index (χ1) is 19.1. The van der Waals surface area contributed by atoms with Crippen LogP contribution >= 0.6 is 11.8 Å². The second kappa shape index (κ2) is 15.9. The molecule has 1 aromatic rings. The van der Waals surface area contributed by atoms with Gasteiger partial charge in [0.25, 0.3) is 5.91 Å². The van der Waals surface area contributed by atoms with Crippen LogP contribution in [-0.2, 0) is 25.5 Å². The Bertz CT molecular complexity index is 1000. The molecule has 2 rings (SSSR count). The van der Waals surface area contributed by atoms with Gasteiger partial charge in [0.15, 0.2) is 6.10 Å². The average Bonchev–Trinajstić information content (AvgIpc) is 3.40. The molecule has 0 aliphatic carbocycles. The summed E-state index contributed by atoms with van der Waals surface area (Å²) < 4.78 is 10.7. The number of thioether (sulfide) groups is 1. The van der Waals surface area contributed by atoms with Crippen molar-refractivity contribution >= 4 is 35.8 Å². The third kappa shape index (κ3) is 13.5. The lowest BCUT2D eigenvalue weighted by atomic mass is 10.0. The fourth-order valence-corrected chi connectivity index (χ4v) is 5.01. The van der Waals surface area contributed by atoms with Gasteiger partial charge >= 0.3 is 12.2 Å². The van der Waals surface area contributed by atoms with E-state index in [-0.39, 0.29) is 18.9 Å². The number of carbonyl (C=O) groups excluding carboxylic acids is 4. The highest BCUT2D eigenvalue weighted by Crippen LogP contribution is 2.17. The van der Waals surface area contributed by atoms with Crippen LogP contribution in [0.2, 0.25) is 0 Å². The van der Waals surface area contributed by atoms with Crippen molar-refractivity contribution in [2.75, 3.05) is 24.7 Å². The van der Waals surface area contributed by atoms with Crippen molar-refractivity contribution < 1.29 is 33.8 Å². The number of unbranched alkanes of at least 4 members (excludes halogenated alkanes) is 1. The summed E-state index contributed by atoms with van der Waals surface area (Å²) in [5.41, 5.74) is -0.590. The van der Waals surface area contributed by atoms with E-state index in [1.54, 1.807) is 58.2 Å². The van der Waals surface area contributed by atoms with Gasteiger partial charge in [-0.15, -0.1) is 11.8 Å². The average molecular weight is 595 g/mol. The molecule has 12 heteroatoms. The number of nitrogens with one attached hydrogen (secondary N) is 3. The number of alkyl carbamates (subject to hydrolysis) is 2. The molecule has 1 saturated heterocycles. The van der Waals surface area contributed by atoms with Gasteiger partial charge in [-0.25, -0.2) is 9.59 Å². The van der Waals surface area contributed by atoms with Crippen LogP contribution in [0.4, 0.5) is 9.59 Å². The third-order valence-electron chi connectivity index (χ3n) is 5.92. The Morgan fingerprint density at radius 2 is 1.56 bits per heavy atom. The molecule has 0 spiro atoms. The highest BCUT2D eigenvalue weighted by Gasteiger charge is 2.31. The number of benzene rings is 1. The molecule has 4 amide bonds. The lowest BCUT2D eigenvalue weighted by molar-refractivity contribution is -0.132. The zero-order chi connectivity index (χ0) is 30.6. The molecule has 0 unspecified atom stereocenters. The summed E-state index contributed by atoms with van der Waals surface area (Å²) in [4.78, 5) is 52.3. The number of aliphatic hydroxyl groups excluding tert-OH is 1. The standard InChI is InChI=1S/C29H46N4O7S/c1-28(2,3)39-26(37)31-21(25(36)33-16-17-41-19-33)14-10-11-15-30-24(35)23(34)22(18-20-12-8-7-9-13-20)32-27(38)40-29(4,5)6/h7-9,12-13,21-23,34H,10-11,14-19H2,1-6H3,(H,30,35)(H,31,37)(H,32,38)/t21-,22+,23+/m0/s1. The maximum absolute atomic E-state index is 13.0. The summed E-state index contributed by atoms with van der Waals surface area (Å²) in [6.07, 6.45) is -1.25. The van der Waals surface area contributed by atoms with Gasteiger partial charge < -0.3 is 35.4 Å². The fraction of sp³-hybridized carbons (Fsp3) is 0.655. The second-order valence-electron chi connectivity index (χ2n) is 12.0. The van der Waals surface area contributed by atoms with Crippen LogP contribution in [0.15, 0.2) is 30.3 Å². The fourth-order valence-electron chi connectivity index (χ4n) is 4.06. The molecule has 41 heavy (non-hydrogen) atoms. The molecule has 4 N–H and O–H groups in total. The third-order valence-corrected chi connectivity index (χ3v) is 6.89. The Balaban J connectivity index is 1.91. The Morgan fingerprint density at radius 3 is 2.12 bits per heavy atom. The normalized spacial score (nSPS) is 15.8. The van der Waals surface area contributed by atoms with Gasteiger partial charge in [-0.3, -0.25) is 9.59 Å². The van der Waals surface area contributed by atoms with Crippen LogP contribution < -0.4 is 16.0 Å². The molecule has 0 bridgehead atoms. The van der Waals surface area contributed by atoms with E-state index in [1.165, 1.54) is 0 Å². The highest BCUT2D eigenvalue weighted by molar-refractivity contribution is 7.99. The summed E-state index contributed by atoms with van der Waals surface area (Å²) in [5, 5.41) is 18.9. The Morgan fingerprint density at radius 1 is 0.951 bits per heavy atom. The molecular weight excluding hydrogens is 548 g/mol. The first-order valence-electron chi connectivity index (χ1n) is 14.0. The number of nitrogens with zero attached hydrogens (tertiary/aromatic N) is 1. The molecule has 11 nitrogen and oxygen atoms in total. The van der Waals surface area contributed by atoms with Crippen molar-refractivity contribution in [1.29, 1.82) is 0 Å². The molecule has 0 radical (unpaired) electrons. The van der Waals surface area contributed by atoms with E-state index in [4.69, 9.17) is 9.47 Å². The van der Waals surface area contributed by atoms with Gasteiger partial charge in [0, 0.05) is 18.8 Å². The lowest BCUT2D eigenvalue weighted by Crippen LogP contribution is -2.52. The van der Waals surface area contributed by atoms with Crippen molar-refractivity contribution in [1.82, 2.24) is 20.9 Å². The van der Waals surface area contributed by atoms with Crippen LogP contribution in [0.25, 0.3) is 0 Å². The highest BCUT2D eigenvalue weighted by atomic mass is 32.2. The van der Waals surface area contributed by atoms with Gasteiger partial charge in [-0.1, -0.05) is 30.3 Å². The number of rotatable bonds is 12. The van der Waals surface area contributed by atoms with Gasteiger partial charge in [0.2, 0.25) is 5.91 Å². The first kappa shape index (κ1) is 34.2. The van der Waals surface area contributed by atoms with Crippen molar-refractivity contribution in [3.63, 3.8) is 0 Å². The van der Waals surface area contributed by atoms with E-state index in [9.17, 15) is 24.3 Å². The van der Waals surface area contributed by atoms with Crippen molar-refractivity contribution in [2.45, 2.75) is 96.6 Å². The second-order valence-corrected chi connectivity index (χ2v) is 13.1. The number of carbonyl (C=O) groups is 4. The monoisotopic (exact) mass is 594 g/mol. The SMILES string of the molecule is CC(C)(C)OC(=O)N[C@@H](CCCCNC(=O)[C@H](O)[C@@H](Cc1ccccc1)NC(=O)OC(C)(C)C)C(=O)N1CCSC1. The van der Waals surface area contributed by atoms with Crippen LogP contribution in [0.5, 0.6) is 0 Å². The van der Waals surface area contributed by atoms with Crippen molar-refractivity contribution in [3.05, 3.63) is 35.9 Å². The zero-order valence-corrected chi connectivity index (χ0v) is 25.8. The van der Waals surface area contributed by atoms with Crippen molar-refractivity contribution in [3.8, 4) is 0 Å². The number of aliphatic hydroxyl groups is 1. The zero-order valence-electron chi connectivity index (χ0n) is 25.0. The molecule has 1 aliphatic heterocycles. The summed E-state index contributed by atoms with van der Waals surface area (Å²) in [6.45, 7) is 11.3. The minimum atomic E-state index is -1.52. The van der Waals surface area contributed by atoms with Crippen LogP contribution in [-0.4, -0.2) is 88.1 Å².